The predicted molar refractivity (Wildman–Crippen MR) is 117 cm³/mol. The Morgan fingerprint density at radius 3 is 2.64 bits per heavy atom. The number of hydrogen-bond acceptors (Lipinski definition) is 9. The van der Waals surface area contributed by atoms with Gasteiger partial charge in [-0.3, -0.25) is 4.79 Å². The Kier molecular flexibility index (Phi) is 6.13. The number of rotatable bonds is 3. The van der Waals surface area contributed by atoms with Gasteiger partial charge in [0, 0.05) is 36.9 Å². The first-order valence-corrected chi connectivity index (χ1v) is 9.98. The summed E-state index contributed by atoms with van der Waals surface area (Å²) in [5, 5.41) is 12.6. The molecule has 3 N–H and O–H groups in total. The van der Waals surface area contributed by atoms with Crippen LogP contribution in [0, 0.1) is 5.82 Å². The number of methoxy groups -OCH3 is 1. The second kappa shape index (κ2) is 9.17. The SMILES string of the molecule is CN1CCC(O)C1=O.COc1cc(-c2cc(-c3ccon3)ccc2F)nc2c(N)ncnc12. The Balaban J connectivity index is 0.000000275. The summed E-state index contributed by atoms with van der Waals surface area (Å²) in [6, 6.07) is 7.91. The van der Waals surface area contributed by atoms with Gasteiger partial charge in [0.1, 0.15) is 47.0 Å². The van der Waals surface area contributed by atoms with Gasteiger partial charge in [-0.2, -0.15) is 0 Å². The van der Waals surface area contributed by atoms with Crippen molar-refractivity contribution >= 4 is 22.8 Å². The van der Waals surface area contributed by atoms with Crippen molar-refractivity contribution in [2.45, 2.75) is 12.5 Å². The van der Waals surface area contributed by atoms with Gasteiger partial charge < -0.3 is 25.0 Å². The van der Waals surface area contributed by atoms with Crippen molar-refractivity contribution in [1.82, 2.24) is 25.0 Å². The Morgan fingerprint density at radius 1 is 1.21 bits per heavy atom. The van der Waals surface area contributed by atoms with Crippen molar-refractivity contribution in [3.8, 4) is 28.3 Å². The number of carbonyl (C=O) groups excluding carboxylic acids is 1. The van der Waals surface area contributed by atoms with E-state index in [1.165, 1.54) is 30.7 Å². The highest BCUT2D eigenvalue weighted by molar-refractivity contribution is 5.91. The van der Waals surface area contributed by atoms with Crippen LogP contribution in [0.15, 0.2) is 47.4 Å². The van der Waals surface area contributed by atoms with E-state index in [1.807, 2.05) is 0 Å². The number of fused-ring (bicyclic) bond motifs is 1. The summed E-state index contributed by atoms with van der Waals surface area (Å²) in [6.07, 6.45) is 2.65. The van der Waals surface area contributed by atoms with Crippen LogP contribution in [0.2, 0.25) is 0 Å². The summed E-state index contributed by atoms with van der Waals surface area (Å²) in [6.45, 7) is 0.694. The van der Waals surface area contributed by atoms with Gasteiger partial charge in [-0.05, 0) is 24.6 Å². The molecule has 1 unspecified atom stereocenters. The van der Waals surface area contributed by atoms with Gasteiger partial charge >= 0.3 is 0 Å². The van der Waals surface area contributed by atoms with E-state index in [1.54, 1.807) is 31.3 Å². The predicted octanol–water partition coefficient (Wildman–Crippen LogP) is 2.29. The van der Waals surface area contributed by atoms with Crippen LogP contribution in [-0.2, 0) is 4.79 Å². The fourth-order valence-electron chi connectivity index (χ4n) is 3.37. The van der Waals surface area contributed by atoms with Crippen LogP contribution in [-0.4, -0.2) is 62.8 Å². The number of anilines is 1. The minimum Gasteiger partial charge on any atom is -0.494 e. The molecule has 0 bridgehead atoms. The lowest BCUT2D eigenvalue weighted by Gasteiger charge is -2.10. The van der Waals surface area contributed by atoms with Gasteiger partial charge in [0.2, 0.25) is 0 Å². The summed E-state index contributed by atoms with van der Waals surface area (Å²) in [7, 11) is 3.19. The second-order valence-electron chi connectivity index (χ2n) is 7.31. The van der Waals surface area contributed by atoms with E-state index in [0.717, 1.165) is 0 Å². The monoisotopic (exact) mass is 452 g/mol. The number of pyridine rings is 1. The Morgan fingerprint density at radius 2 is 2.03 bits per heavy atom. The molecule has 1 aromatic carbocycles. The minimum atomic E-state index is -0.722. The Labute approximate surface area is 187 Å². The molecule has 1 fully saturated rings. The fraction of sp³-hybridized carbons (Fsp3) is 0.227. The quantitative estimate of drug-likeness (QED) is 0.479. The molecule has 1 aliphatic heterocycles. The molecule has 10 nitrogen and oxygen atoms in total. The molecule has 0 saturated carbocycles. The number of nitrogens with two attached hydrogens (primary N) is 1. The lowest BCUT2D eigenvalue weighted by atomic mass is 10.0. The first kappa shape index (κ1) is 22.1. The molecule has 1 aliphatic rings. The largest absolute Gasteiger partial charge is 0.494 e. The molecule has 11 heteroatoms. The molecule has 0 aliphatic carbocycles. The first-order chi connectivity index (χ1) is 15.9. The van der Waals surface area contributed by atoms with Crippen LogP contribution in [0.4, 0.5) is 10.2 Å². The highest BCUT2D eigenvalue weighted by Crippen LogP contribution is 2.33. The maximum absolute atomic E-state index is 14.4. The molecule has 3 aromatic heterocycles. The third-order valence-electron chi connectivity index (χ3n) is 5.18. The third-order valence-corrected chi connectivity index (χ3v) is 5.18. The molecule has 1 amide bonds. The summed E-state index contributed by atoms with van der Waals surface area (Å²) in [5.74, 6) is 0.0418. The van der Waals surface area contributed by atoms with Gasteiger partial charge in [-0.25, -0.2) is 19.3 Å². The van der Waals surface area contributed by atoms with Crippen molar-refractivity contribution in [3.63, 3.8) is 0 Å². The van der Waals surface area contributed by atoms with Crippen molar-refractivity contribution in [3.05, 3.63) is 48.7 Å². The number of hydrogen-bond donors (Lipinski definition) is 2. The highest BCUT2D eigenvalue weighted by Gasteiger charge is 2.26. The molecule has 4 aromatic rings. The number of nitrogens with zero attached hydrogens (tertiary/aromatic N) is 5. The zero-order valence-electron chi connectivity index (χ0n) is 17.9. The van der Waals surface area contributed by atoms with Crippen LogP contribution in [0.1, 0.15) is 6.42 Å². The summed E-state index contributed by atoms with van der Waals surface area (Å²) >= 11 is 0. The molecule has 0 spiro atoms. The lowest BCUT2D eigenvalue weighted by molar-refractivity contribution is -0.133. The van der Waals surface area contributed by atoms with Crippen LogP contribution in [0.5, 0.6) is 5.75 Å². The number of likely N-dealkylation sites (N-methyl/N-ethyl adjacent to an activating group) is 1. The molecule has 170 valence electrons. The second-order valence-corrected chi connectivity index (χ2v) is 7.31. The van der Waals surface area contributed by atoms with Crippen LogP contribution in [0.25, 0.3) is 33.5 Å². The van der Waals surface area contributed by atoms with Crippen LogP contribution >= 0.6 is 0 Å². The summed E-state index contributed by atoms with van der Waals surface area (Å²) in [4.78, 5) is 24.6. The number of aliphatic hydroxyl groups is 1. The zero-order chi connectivity index (χ0) is 23.5. The number of amides is 1. The number of carbonyl (C=O) groups is 1. The number of benzene rings is 1. The van der Waals surface area contributed by atoms with Crippen molar-refractivity contribution in [2.75, 3.05) is 26.4 Å². The molecular weight excluding hydrogens is 431 g/mol. The van der Waals surface area contributed by atoms with Crippen molar-refractivity contribution < 1.29 is 23.6 Å². The number of nitrogen functional groups attached to an aromatic ring is 1. The number of halogens is 1. The maximum atomic E-state index is 14.4. The van der Waals surface area contributed by atoms with E-state index in [9.17, 15) is 9.18 Å². The van der Waals surface area contributed by atoms with Gasteiger partial charge in [0.15, 0.2) is 5.82 Å². The Hall–Kier alpha value is -4.12. The van der Waals surface area contributed by atoms with Crippen molar-refractivity contribution in [2.24, 2.45) is 0 Å². The van der Waals surface area contributed by atoms with E-state index >= 15 is 0 Å². The number of aliphatic hydroxyl groups excluding tert-OH is 1. The highest BCUT2D eigenvalue weighted by atomic mass is 19.1. The molecule has 5 rings (SSSR count). The average molecular weight is 452 g/mol. The average Bonchev–Trinajstić information content (AvgIpc) is 3.46. The normalized spacial score (nSPS) is 15.5. The topological polar surface area (TPSA) is 140 Å². The molecule has 1 atom stereocenters. The van der Waals surface area contributed by atoms with Crippen molar-refractivity contribution in [1.29, 1.82) is 0 Å². The van der Waals surface area contributed by atoms with E-state index in [-0.39, 0.29) is 17.3 Å². The standard InChI is InChI=1S/C17H12FN5O2.C5H9NO2/c1-24-14-7-13(22-16-15(14)20-8-21-17(16)19)10-6-9(2-3-11(10)18)12-4-5-25-23-12;1-6-3-2-4(7)5(6)8/h2-8H,1H3,(H2,19,20,21);4,7H,2-3H2,1H3. The van der Waals surface area contributed by atoms with Gasteiger partial charge in [0.25, 0.3) is 5.91 Å². The number of aromatic nitrogens is 4. The van der Waals surface area contributed by atoms with Gasteiger partial charge in [-0.1, -0.05) is 5.16 Å². The molecule has 4 heterocycles. The minimum absolute atomic E-state index is 0.148. The van der Waals surface area contributed by atoms with Crippen LogP contribution < -0.4 is 10.5 Å². The summed E-state index contributed by atoms with van der Waals surface area (Å²) < 4.78 is 24.6. The molecular formula is C22H21FN6O4. The van der Waals surface area contributed by atoms with Gasteiger partial charge in [0.05, 0.1) is 12.8 Å². The van der Waals surface area contributed by atoms with E-state index in [4.69, 9.17) is 20.1 Å². The lowest BCUT2D eigenvalue weighted by Crippen LogP contribution is -2.24. The fourth-order valence-corrected chi connectivity index (χ4v) is 3.37. The molecule has 1 saturated heterocycles. The molecule has 0 radical (unpaired) electrons. The number of ether oxygens (including phenoxy) is 1. The maximum Gasteiger partial charge on any atom is 0.251 e. The van der Waals surface area contributed by atoms with Crippen LogP contribution in [0.3, 0.4) is 0 Å². The zero-order valence-corrected chi connectivity index (χ0v) is 17.9. The third kappa shape index (κ3) is 4.44. The Bertz CT molecular complexity index is 1290. The van der Waals surface area contributed by atoms with E-state index < -0.39 is 11.9 Å². The van der Waals surface area contributed by atoms with E-state index in [2.05, 4.69) is 20.1 Å². The van der Waals surface area contributed by atoms with E-state index in [0.29, 0.717) is 46.7 Å². The first-order valence-electron chi connectivity index (χ1n) is 9.98. The van der Waals surface area contributed by atoms with Gasteiger partial charge in [-0.15, -0.1) is 0 Å². The summed E-state index contributed by atoms with van der Waals surface area (Å²) in [5.41, 5.74) is 8.63. The molecule has 33 heavy (non-hydrogen) atoms. The number of likely N-dealkylation sites (tertiary alicyclic amines) is 1. The smallest absolute Gasteiger partial charge is 0.251 e.